The summed E-state index contributed by atoms with van der Waals surface area (Å²) in [6.07, 6.45) is -0.794. The number of primary amides is 1. The minimum atomic E-state index is -1.38. The summed E-state index contributed by atoms with van der Waals surface area (Å²) in [6.45, 7) is 0.235. The molecule has 18 heavy (non-hydrogen) atoms. The molecule has 0 spiro atoms. The normalized spacial score (nSPS) is 11.9. The molecule has 1 aromatic rings. The number of nitrogens with two attached hydrogens (primary N) is 2. The van der Waals surface area contributed by atoms with Crippen LogP contribution in [0.3, 0.4) is 0 Å². The smallest absolute Gasteiger partial charge is 0.251 e. The van der Waals surface area contributed by atoms with Gasteiger partial charge in [-0.1, -0.05) is 18.2 Å². The maximum Gasteiger partial charge on any atom is 0.251 e. The highest BCUT2D eigenvalue weighted by Crippen LogP contribution is 2.08. The van der Waals surface area contributed by atoms with Crippen molar-refractivity contribution in [3.63, 3.8) is 0 Å². The van der Waals surface area contributed by atoms with Gasteiger partial charge in [-0.3, -0.25) is 9.59 Å². The Morgan fingerprint density at radius 1 is 1.33 bits per heavy atom. The van der Waals surface area contributed by atoms with E-state index in [1.807, 2.05) is 12.1 Å². The first-order chi connectivity index (χ1) is 8.56. The number of carbonyl (C=O) groups is 2. The Kier molecular flexibility index (Phi) is 5.29. The van der Waals surface area contributed by atoms with Crippen molar-refractivity contribution < 1.29 is 14.7 Å². The molecule has 6 N–H and O–H groups in total. The zero-order valence-corrected chi connectivity index (χ0v) is 9.93. The summed E-state index contributed by atoms with van der Waals surface area (Å²) in [4.78, 5) is 22.5. The van der Waals surface area contributed by atoms with Crippen LogP contribution in [-0.4, -0.2) is 36.1 Å². The second-order valence-corrected chi connectivity index (χ2v) is 3.82. The summed E-state index contributed by atoms with van der Waals surface area (Å²) < 4.78 is 0. The summed E-state index contributed by atoms with van der Waals surface area (Å²) in [6, 6.07) is 7.03. The number of benzene rings is 1. The first-order valence-corrected chi connectivity index (χ1v) is 5.59. The Labute approximate surface area is 105 Å². The van der Waals surface area contributed by atoms with E-state index in [0.29, 0.717) is 18.5 Å². The van der Waals surface area contributed by atoms with Crippen LogP contribution in [0.5, 0.6) is 0 Å². The lowest BCUT2D eigenvalue weighted by Gasteiger charge is -2.11. The molecule has 0 bridgehead atoms. The fourth-order valence-electron chi connectivity index (χ4n) is 1.50. The lowest BCUT2D eigenvalue weighted by molar-refractivity contribution is -0.125. The average Bonchev–Trinajstić information content (AvgIpc) is 2.36. The largest absolute Gasteiger partial charge is 0.381 e. The summed E-state index contributed by atoms with van der Waals surface area (Å²) >= 11 is 0. The monoisotopic (exact) mass is 251 g/mol. The van der Waals surface area contributed by atoms with Gasteiger partial charge in [-0.15, -0.1) is 0 Å². The van der Waals surface area contributed by atoms with Crippen molar-refractivity contribution >= 4 is 11.8 Å². The van der Waals surface area contributed by atoms with Gasteiger partial charge in [-0.25, -0.2) is 0 Å². The molecule has 0 heterocycles. The third-order valence-corrected chi connectivity index (χ3v) is 2.46. The van der Waals surface area contributed by atoms with Crippen molar-refractivity contribution in [1.29, 1.82) is 0 Å². The molecular formula is C12H17N3O3. The molecule has 0 aliphatic heterocycles. The van der Waals surface area contributed by atoms with E-state index in [0.717, 1.165) is 5.56 Å². The lowest BCUT2D eigenvalue weighted by atomic mass is 10.0. The summed E-state index contributed by atoms with van der Waals surface area (Å²) in [5.41, 5.74) is 11.7. The van der Waals surface area contributed by atoms with Gasteiger partial charge < -0.3 is 21.9 Å². The summed E-state index contributed by atoms with van der Waals surface area (Å²) in [5, 5.41) is 11.6. The standard InChI is InChI=1S/C12H17N3O3/c13-6-5-8-3-1-2-4-9(8)12(18)15-7-10(16)11(14)17/h1-4,10,16H,5-7,13H2,(H2,14,17)(H,15,18). The SMILES string of the molecule is NCCc1ccccc1C(=O)NCC(O)C(N)=O. The Morgan fingerprint density at radius 3 is 2.61 bits per heavy atom. The first kappa shape index (κ1) is 14.1. The fourth-order valence-corrected chi connectivity index (χ4v) is 1.50. The number of aliphatic hydroxyl groups excluding tert-OH is 1. The van der Waals surface area contributed by atoms with Gasteiger partial charge in [0.1, 0.15) is 6.10 Å². The van der Waals surface area contributed by atoms with Crippen molar-refractivity contribution in [2.24, 2.45) is 11.5 Å². The Bertz CT molecular complexity index is 434. The quantitative estimate of drug-likeness (QED) is 0.506. The van der Waals surface area contributed by atoms with Gasteiger partial charge in [0, 0.05) is 5.56 Å². The molecule has 0 saturated carbocycles. The number of nitrogens with one attached hydrogen (secondary N) is 1. The molecule has 0 fully saturated rings. The fraction of sp³-hybridized carbons (Fsp3) is 0.333. The van der Waals surface area contributed by atoms with Crippen LogP contribution in [0.15, 0.2) is 24.3 Å². The predicted octanol–water partition coefficient (Wildman–Crippen LogP) is -1.24. The molecule has 1 rings (SSSR count). The molecule has 1 unspecified atom stereocenters. The number of aliphatic hydroxyl groups is 1. The molecule has 0 radical (unpaired) electrons. The molecule has 6 heteroatoms. The zero-order chi connectivity index (χ0) is 13.5. The molecule has 1 atom stereocenters. The maximum absolute atomic E-state index is 11.9. The maximum atomic E-state index is 11.9. The van der Waals surface area contributed by atoms with Gasteiger partial charge in [-0.2, -0.15) is 0 Å². The van der Waals surface area contributed by atoms with Crippen LogP contribution >= 0.6 is 0 Å². The van der Waals surface area contributed by atoms with Crippen molar-refractivity contribution in [1.82, 2.24) is 5.32 Å². The van der Waals surface area contributed by atoms with Gasteiger partial charge in [0.15, 0.2) is 0 Å². The average molecular weight is 251 g/mol. The highest BCUT2D eigenvalue weighted by molar-refractivity contribution is 5.96. The lowest BCUT2D eigenvalue weighted by Crippen LogP contribution is -2.40. The van der Waals surface area contributed by atoms with E-state index < -0.39 is 12.0 Å². The first-order valence-electron chi connectivity index (χ1n) is 5.59. The van der Waals surface area contributed by atoms with Gasteiger partial charge >= 0.3 is 0 Å². The second-order valence-electron chi connectivity index (χ2n) is 3.82. The molecule has 2 amide bonds. The van der Waals surface area contributed by atoms with Crippen molar-refractivity contribution in [2.45, 2.75) is 12.5 Å². The molecule has 98 valence electrons. The predicted molar refractivity (Wildman–Crippen MR) is 66.7 cm³/mol. The van der Waals surface area contributed by atoms with Crippen LogP contribution in [0.25, 0.3) is 0 Å². The van der Waals surface area contributed by atoms with Crippen LogP contribution < -0.4 is 16.8 Å². The van der Waals surface area contributed by atoms with E-state index in [1.54, 1.807) is 12.1 Å². The van der Waals surface area contributed by atoms with E-state index in [9.17, 15) is 14.7 Å². The van der Waals surface area contributed by atoms with Crippen molar-refractivity contribution in [3.05, 3.63) is 35.4 Å². The molecule has 1 aromatic carbocycles. The highest BCUT2D eigenvalue weighted by Gasteiger charge is 2.14. The Hall–Kier alpha value is -1.92. The minimum Gasteiger partial charge on any atom is -0.381 e. The Morgan fingerprint density at radius 2 is 2.00 bits per heavy atom. The van der Waals surface area contributed by atoms with Crippen LogP contribution in [0.4, 0.5) is 0 Å². The third-order valence-electron chi connectivity index (χ3n) is 2.46. The van der Waals surface area contributed by atoms with Gasteiger partial charge in [0.25, 0.3) is 5.91 Å². The number of hydrogen-bond donors (Lipinski definition) is 4. The number of carbonyl (C=O) groups excluding carboxylic acids is 2. The molecule has 0 aromatic heterocycles. The van der Waals surface area contributed by atoms with Gasteiger partial charge in [0.05, 0.1) is 6.54 Å². The topological polar surface area (TPSA) is 118 Å². The second kappa shape index (κ2) is 6.73. The Balaban J connectivity index is 2.69. The third kappa shape index (κ3) is 3.83. The summed E-state index contributed by atoms with van der Waals surface area (Å²) in [7, 11) is 0. The molecule has 0 saturated heterocycles. The van der Waals surface area contributed by atoms with Gasteiger partial charge in [0.2, 0.25) is 5.91 Å². The number of amides is 2. The zero-order valence-electron chi connectivity index (χ0n) is 9.93. The van der Waals surface area contributed by atoms with Crippen LogP contribution in [0.1, 0.15) is 15.9 Å². The van der Waals surface area contributed by atoms with Crippen molar-refractivity contribution in [2.75, 3.05) is 13.1 Å². The van der Waals surface area contributed by atoms with Crippen LogP contribution in [-0.2, 0) is 11.2 Å². The van der Waals surface area contributed by atoms with Crippen LogP contribution in [0, 0.1) is 0 Å². The molecule has 0 aliphatic rings. The highest BCUT2D eigenvalue weighted by atomic mass is 16.3. The molecule has 0 aliphatic carbocycles. The van der Waals surface area contributed by atoms with Gasteiger partial charge in [-0.05, 0) is 24.6 Å². The minimum absolute atomic E-state index is 0.203. The molecule has 6 nitrogen and oxygen atoms in total. The van der Waals surface area contributed by atoms with Crippen molar-refractivity contribution in [3.8, 4) is 0 Å². The van der Waals surface area contributed by atoms with E-state index in [-0.39, 0.29) is 12.5 Å². The van der Waals surface area contributed by atoms with Crippen LogP contribution in [0.2, 0.25) is 0 Å². The molecular weight excluding hydrogens is 234 g/mol. The van der Waals surface area contributed by atoms with E-state index >= 15 is 0 Å². The number of hydrogen-bond acceptors (Lipinski definition) is 4. The number of rotatable bonds is 6. The van der Waals surface area contributed by atoms with E-state index in [4.69, 9.17) is 11.5 Å². The summed E-state index contributed by atoms with van der Waals surface area (Å²) in [5.74, 6) is -1.23. The van der Waals surface area contributed by atoms with E-state index in [2.05, 4.69) is 5.32 Å². The van der Waals surface area contributed by atoms with E-state index in [1.165, 1.54) is 0 Å².